The first kappa shape index (κ1) is 23.8. The van der Waals surface area contributed by atoms with Crippen LogP contribution in [0, 0.1) is 0 Å². The molecule has 0 aliphatic carbocycles. The summed E-state index contributed by atoms with van der Waals surface area (Å²) >= 11 is 6.37. The lowest BCUT2D eigenvalue weighted by Gasteiger charge is -2.11. The summed E-state index contributed by atoms with van der Waals surface area (Å²) < 4.78 is 6.39. The van der Waals surface area contributed by atoms with Crippen LogP contribution < -0.4 is 16.4 Å². The van der Waals surface area contributed by atoms with Gasteiger partial charge in [-0.25, -0.2) is 14.6 Å². The van der Waals surface area contributed by atoms with Gasteiger partial charge < -0.3 is 20.8 Å². The van der Waals surface area contributed by atoms with Crippen LogP contribution in [0.15, 0.2) is 89.9 Å². The molecule has 0 atom stereocenters. The summed E-state index contributed by atoms with van der Waals surface area (Å²) in [5.74, 6) is -0.283. The predicted octanol–water partition coefficient (Wildman–Crippen LogP) is 4.34. The molecule has 0 bridgehead atoms. The van der Waals surface area contributed by atoms with Crippen LogP contribution in [0.25, 0.3) is 16.9 Å². The molecule has 0 saturated heterocycles. The van der Waals surface area contributed by atoms with Crippen molar-refractivity contribution in [1.82, 2.24) is 25.1 Å². The monoisotopic (exact) mass is 513 g/mol. The molecule has 0 fully saturated rings. The lowest BCUT2D eigenvalue weighted by molar-refractivity contribution is 0.0944. The summed E-state index contributed by atoms with van der Waals surface area (Å²) in [6.07, 6.45) is 2.72. The zero-order valence-corrected chi connectivity index (χ0v) is 20.0. The molecule has 3 aromatic heterocycles. The number of nitrogen functional groups attached to an aromatic ring is 1. The number of pyridine rings is 1. The van der Waals surface area contributed by atoms with Crippen molar-refractivity contribution < 1.29 is 14.0 Å². The van der Waals surface area contributed by atoms with Crippen LogP contribution in [-0.2, 0) is 6.54 Å². The number of anilines is 2. The van der Waals surface area contributed by atoms with Gasteiger partial charge in [-0.15, -0.1) is 0 Å². The van der Waals surface area contributed by atoms with E-state index in [9.17, 15) is 9.59 Å². The van der Waals surface area contributed by atoms with Gasteiger partial charge in [0.2, 0.25) is 0 Å². The molecule has 2 amide bonds. The van der Waals surface area contributed by atoms with Gasteiger partial charge in [-0.2, -0.15) is 5.10 Å². The van der Waals surface area contributed by atoms with E-state index in [2.05, 4.69) is 25.7 Å². The number of nitrogens with one attached hydrogen (secondary N) is 2. The van der Waals surface area contributed by atoms with E-state index in [0.29, 0.717) is 28.5 Å². The highest BCUT2D eigenvalue weighted by molar-refractivity contribution is 6.34. The minimum absolute atomic E-state index is 0.103. The molecule has 2 aromatic carbocycles. The standard InChI is InChI=1S/C26H20ClN7O3/c27-20-10-9-16(21-7-4-8-23(28)31-21)11-19(20)25(35)32-24-12-22(26(36)29-13-17-14-37-15-30-17)33-34(24)18-5-2-1-3-6-18/h1-12,14-15H,13H2,(H2,28,31)(H,29,36)(H,32,35). The smallest absolute Gasteiger partial charge is 0.272 e. The van der Waals surface area contributed by atoms with E-state index in [0.717, 1.165) is 0 Å². The van der Waals surface area contributed by atoms with Gasteiger partial charge in [0, 0.05) is 11.6 Å². The molecule has 184 valence electrons. The Hall–Kier alpha value is -4.96. The van der Waals surface area contributed by atoms with Gasteiger partial charge in [0.15, 0.2) is 12.1 Å². The Labute approximate surface area is 216 Å². The van der Waals surface area contributed by atoms with Crippen molar-refractivity contribution in [3.8, 4) is 16.9 Å². The third-order valence-corrected chi connectivity index (χ3v) is 5.70. The van der Waals surface area contributed by atoms with Crippen LogP contribution in [0.2, 0.25) is 5.02 Å². The largest absolute Gasteiger partial charge is 0.451 e. The summed E-state index contributed by atoms with van der Waals surface area (Å²) in [6.45, 7) is 0.162. The molecule has 37 heavy (non-hydrogen) atoms. The Bertz CT molecular complexity index is 1570. The Kier molecular flexibility index (Phi) is 6.64. The van der Waals surface area contributed by atoms with Crippen molar-refractivity contribution in [1.29, 1.82) is 0 Å². The highest BCUT2D eigenvalue weighted by Gasteiger charge is 2.20. The van der Waals surface area contributed by atoms with Crippen molar-refractivity contribution in [2.45, 2.75) is 6.54 Å². The van der Waals surface area contributed by atoms with Crippen LogP contribution in [0.1, 0.15) is 26.5 Å². The maximum absolute atomic E-state index is 13.3. The zero-order chi connectivity index (χ0) is 25.8. The van der Waals surface area contributed by atoms with Crippen molar-refractivity contribution in [2.24, 2.45) is 0 Å². The molecule has 10 nitrogen and oxygen atoms in total. The molecule has 0 saturated carbocycles. The number of benzene rings is 2. The van der Waals surface area contributed by atoms with Crippen molar-refractivity contribution >= 4 is 35.1 Å². The number of nitrogens with two attached hydrogens (primary N) is 1. The maximum Gasteiger partial charge on any atom is 0.272 e. The molecule has 0 radical (unpaired) electrons. The van der Waals surface area contributed by atoms with E-state index in [4.69, 9.17) is 21.8 Å². The fraction of sp³-hybridized carbons (Fsp3) is 0.0385. The number of carbonyl (C=O) groups excluding carboxylic acids is 2. The lowest BCUT2D eigenvalue weighted by atomic mass is 10.1. The molecule has 0 aliphatic heterocycles. The van der Waals surface area contributed by atoms with Gasteiger partial charge in [-0.3, -0.25) is 9.59 Å². The van der Waals surface area contributed by atoms with Crippen molar-refractivity contribution in [3.05, 3.63) is 107 Å². The van der Waals surface area contributed by atoms with E-state index in [1.807, 2.05) is 18.2 Å². The Morgan fingerprint density at radius 3 is 2.59 bits per heavy atom. The molecule has 3 heterocycles. The second-order valence-corrected chi connectivity index (χ2v) is 8.33. The van der Waals surface area contributed by atoms with Crippen LogP contribution in [-0.4, -0.2) is 31.6 Å². The number of rotatable bonds is 7. The number of hydrogen-bond donors (Lipinski definition) is 3. The fourth-order valence-corrected chi connectivity index (χ4v) is 3.79. The zero-order valence-electron chi connectivity index (χ0n) is 19.3. The Balaban J connectivity index is 1.44. The summed E-state index contributed by atoms with van der Waals surface area (Å²) in [5.41, 5.74) is 8.62. The number of amides is 2. The third-order valence-electron chi connectivity index (χ3n) is 5.38. The maximum atomic E-state index is 13.3. The normalized spacial score (nSPS) is 10.7. The average molecular weight is 514 g/mol. The van der Waals surface area contributed by atoms with E-state index in [1.54, 1.807) is 48.5 Å². The predicted molar refractivity (Wildman–Crippen MR) is 138 cm³/mol. The topological polar surface area (TPSA) is 141 Å². The number of hydrogen-bond acceptors (Lipinski definition) is 7. The molecular formula is C26H20ClN7O3. The number of nitrogens with zero attached hydrogens (tertiary/aromatic N) is 4. The van der Waals surface area contributed by atoms with Gasteiger partial charge in [-0.1, -0.05) is 41.9 Å². The van der Waals surface area contributed by atoms with E-state index < -0.39 is 11.8 Å². The second kappa shape index (κ2) is 10.3. The first-order valence-electron chi connectivity index (χ1n) is 11.1. The van der Waals surface area contributed by atoms with Gasteiger partial charge in [0.25, 0.3) is 11.8 Å². The van der Waals surface area contributed by atoms with Crippen LogP contribution in [0.3, 0.4) is 0 Å². The van der Waals surface area contributed by atoms with E-state index >= 15 is 0 Å². The molecule has 0 aliphatic rings. The summed E-state index contributed by atoms with van der Waals surface area (Å²) in [5, 5.41) is 10.2. The molecule has 5 rings (SSSR count). The van der Waals surface area contributed by atoms with Crippen molar-refractivity contribution in [3.63, 3.8) is 0 Å². The average Bonchev–Trinajstić information content (AvgIpc) is 3.58. The van der Waals surface area contributed by atoms with Crippen LogP contribution in [0.5, 0.6) is 0 Å². The summed E-state index contributed by atoms with van der Waals surface area (Å²) in [4.78, 5) is 34.4. The molecule has 0 spiro atoms. The van der Waals surface area contributed by atoms with Gasteiger partial charge >= 0.3 is 0 Å². The Morgan fingerprint density at radius 2 is 1.84 bits per heavy atom. The lowest BCUT2D eigenvalue weighted by Crippen LogP contribution is -2.23. The van der Waals surface area contributed by atoms with Crippen LogP contribution >= 0.6 is 11.6 Å². The second-order valence-electron chi connectivity index (χ2n) is 7.92. The van der Waals surface area contributed by atoms with E-state index in [-0.39, 0.29) is 28.6 Å². The number of para-hydroxylation sites is 1. The Morgan fingerprint density at radius 1 is 1.00 bits per heavy atom. The summed E-state index contributed by atoms with van der Waals surface area (Å²) in [7, 11) is 0. The quantitative estimate of drug-likeness (QED) is 0.294. The molecule has 0 unspecified atom stereocenters. The fourth-order valence-electron chi connectivity index (χ4n) is 3.59. The van der Waals surface area contributed by atoms with Crippen LogP contribution in [0.4, 0.5) is 11.6 Å². The summed E-state index contributed by atoms with van der Waals surface area (Å²) in [6, 6.07) is 20.9. The number of carbonyl (C=O) groups is 2. The minimum atomic E-state index is -0.484. The first-order chi connectivity index (χ1) is 18.0. The van der Waals surface area contributed by atoms with Gasteiger partial charge in [0.05, 0.1) is 34.2 Å². The number of halogens is 1. The number of oxazole rings is 1. The SMILES string of the molecule is Nc1cccc(-c2ccc(Cl)c(C(=O)Nc3cc(C(=O)NCc4cocn4)nn3-c3ccccc3)c2)n1. The first-order valence-corrected chi connectivity index (χ1v) is 11.5. The molecule has 5 aromatic rings. The molecular weight excluding hydrogens is 494 g/mol. The van der Waals surface area contributed by atoms with Crippen molar-refractivity contribution in [2.75, 3.05) is 11.1 Å². The third kappa shape index (κ3) is 5.34. The van der Waals surface area contributed by atoms with Gasteiger partial charge in [0.1, 0.15) is 17.9 Å². The molecule has 11 heteroatoms. The van der Waals surface area contributed by atoms with Gasteiger partial charge in [-0.05, 0) is 36.4 Å². The highest BCUT2D eigenvalue weighted by Crippen LogP contribution is 2.26. The number of aromatic nitrogens is 4. The molecule has 4 N–H and O–H groups in total. The minimum Gasteiger partial charge on any atom is -0.451 e. The highest BCUT2D eigenvalue weighted by atomic mass is 35.5. The van der Waals surface area contributed by atoms with E-state index in [1.165, 1.54) is 23.4 Å².